The Balaban J connectivity index is 3.96. The summed E-state index contributed by atoms with van der Waals surface area (Å²) in [6.45, 7) is 0.802. The van der Waals surface area contributed by atoms with Crippen LogP contribution in [0.4, 0.5) is 0 Å². The maximum Gasteiger partial charge on any atom is 0.311 e. The van der Waals surface area contributed by atoms with E-state index in [1.54, 1.807) is 0 Å². The fraction of sp³-hybridized carbons (Fsp3) is 0.800. The molecule has 0 aromatic heterocycles. The van der Waals surface area contributed by atoms with E-state index in [0.717, 1.165) is 0 Å². The fourth-order valence-corrected chi connectivity index (χ4v) is 1.02. The molecule has 0 amide bonds. The maximum absolute atomic E-state index is 11.4. The number of carbonyl (C=O) groups excluding carboxylic acids is 1. The summed E-state index contributed by atoms with van der Waals surface area (Å²) in [5.74, 6) is -3.11. The zero-order valence-electron chi connectivity index (χ0n) is 9.26. The van der Waals surface area contributed by atoms with E-state index in [1.165, 1.54) is 6.92 Å². The first-order chi connectivity index (χ1) is 7.52. The molecule has 2 atom stereocenters. The van der Waals surface area contributed by atoms with Gasteiger partial charge in [0, 0.05) is 6.61 Å². The lowest BCUT2D eigenvalue weighted by molar-refractivity contribution is -0.155. The Kier molecular flexibility index (Phi) is 7.49. The summed E-state index contributed by atoms with van der Waals surface area (Å²) >= 11 is 0. The van der Waals surface area contributed by atoms with E-state index in [9.17, 15) is 9.59 Å². The van der Waals surface area contributed by atoms with Crippen molar-refractivity contribution in [1.29, 1.82) is 0 Å². The van der Waals surface area contributed by atoms with Gasteiger partial charge in [-0.3, -0.25) is 9.59 Å². The second kappa shape index (κ2) is 8.06. The summed E-state index contributed by atoms with van der Waals surface area (Å²) in [6, 6.07) is 0. The highest BCUT2D eigenvalue weighted by molar-refractivity contribution is 5.74. The monoisotopic (exact) mass is 234 g/mol. The molecule has 0 fully saturated rings. The van der Waals surface area contributed by atoms with Gasteiger partial charge >= 0.3 is 11.9 Å². The normalized spacial score (nSPS) is 14.2. The van der Waals surface area contributed by atoms with Crippen molar-refractivity contribution in [3.05, 3.63) is 0 Å². The molecule has 0 bridgehead atoms. The Morgan fingerprint density at radius 1 is 1.31 bits per heavy atom. The van der Waals surface area contributed by atoms with Crippen molar-refractivity contribution < 1.29 is 29.6 Å². The van der Waals surface area contributed by atoms with Crippen LogP contribution in [0.1, 0.15) is 19.8 Å². The molecule has 16 heavy (non-hydrogen) atoms. The molecule has 0 aliphatic carbocycles. The summed E-state index contributed by atoms with van der Waals surface area (Å²) < 4.78 is 4.75. The van der Waals surface area contributed by atoms with Crippen molar-refractivity contribution in [2.24, 2.45) is 11.8 Å². The molecule has 0 aliphatic rings. The first kappa shape index (κ1) is 14.9. The highest BCUT2D eigenvalue weighted by Crippen LogP contribution is 2.09. The molecule has 6 heteroatoms. The van der Waals surface area contributed by atoms with Gasteiger partial charge in [-0.2, -0.15) is 0 Å². The van der Waals surface area contributed by atoms with E-state index in [1.807, 2.05) is 0 Å². The average molecular weight is 234 g/mol. The summed E-state index contributed by atoms with van der Waals surface area (Å²) in [4.78, 5) is 21.8. The molecule has 0 saturated carbocycles. The van der Waals surface area contributed by atoms with Crippen LogP contribution in [0.25, 0.3) is 0 Å². The first-order valence-electron chi connectivity index (χ1n) is 5.14. The van der Waals surface area contributed by atoms with Crippen molar-refractivity contribution in [2.75, 3.05) is 19.8 Å². The largest absolute Gasteiger partial charge is 0.481 e. The lowest BCUT2D eigenvalue weighted by atomic mass is 10.1. The molecule has 0 saturated heterocycles. The number of aliphatic carboxylic acids is 1. The van der Waals surface area contributed by atoms with E-state index in [4.69, 9.17) is 20.1 Å². The molecule has 0 aliphatic heterocycles. The topological polar surface area (TPSA) is 104 Å². The van der Waals surface area contributed by atoms with Gasteiger partial charge in [0.1, 0.15) is 6.61 Å². The van der Waals surface area contributed by atoms with Crippen LogP contribution < -0.4 is 0 Å². The van der Waals surface area contributed by atoms with Crippen molar-refractivity contribution >= 4 is 11.9 Å². The van der Waals surface area contributed by atoms with Crippen molar-refractivity contribution in [2.45, 2.75) is 19.8 Å². The molecule has 0 radical (unpaired) electrons. The Hall–Kier alpha value is -1.14. The molecule has 0 aromatic rings. The van der Waals surface area contributed by atoms with Gasteiger partial charge in [0.2, 0.25) is 0 Å². The molecule has 2 unspecified atom stereocenters. The number of rotatable bonds is 8. The number of carbonyl (C=O) groups is 2. The van der Waals surface area contributed by atoms with E-state index in [0.29, 0.717) is 12.8 Å². The average Bonchev–Trinajstić information content (AvgIpc) is 2.26. The van der Waals surface area contributed by atoms with Crippen LogP contribution in [-0.4, -0.2) is 47.1 Å². The third kappa shape index (κ3) is 5.67. The third-order valence-corrected chi connectivity index (χ3v) is 2.16. The Bertz CT molecular complexity index is 227. The molecule has 94 valence electrons. The van der Waals surface area contributed by atoms with Crippen LogP contribution in [0.3, 0.4) is 0 Å². The van der Waals surface area contributed by atoms with Crippen LogP contribution in [0.15, 0.2) is 0 Å². The van der Waals surface area contributed by atoms with Crippen LogP contribution >= 0.6 is 0 Å². The highest BCUT2D eigenvalue weighted by Gasteiger charge is 2.21. The minimum absolute atomic E-state index is 0.0602. The molecule has 0 heterocycles. The second-order valence-corrected chi connectivity index (χ2v) is 3.61. The molecule has 0 spiro atoms. The number of aliphatic hydroxyl groups is 2. The van der Waals surface area contributed by atoms with E-state index >= 15 is 0 Å². The standard InChI is InChI=1S/C10H18O6/c1-7(9(13)14)6-16-10(15)8(5-12)3-2-4-11/h7-8,11-12H,2-6H2,1H3,(H,13,14). The van der Waals surface area contributed by atoms with Crippen LogP contribution in [0.2, 0.25) is 0 Å². The second-order valence-electron chi connectivity index (χ2n) is 3.61. The van der Waals surface area contributed by atoms with Gasteiger partial charge in [-0.05, 0) is 19.8 Å². The van der Waals surface area contributed by atoms with Crippen LogP contribution in [-0.2, 0) is 14.3 Å². The maximum atomic E-state index is 11.4. The predicted octanol–water partition coefficient (Wildman–Crippen LogP) is -0.369. The number of esters is 1. The zero-order chi connectivity index (χ0) is 12.6. The summed E-state index contributed by atoms with van der Waals surface area (Å²) in [5, 5.41) is 26.0. The fourth-order valence-electron chi connectivity index (χ4n) is 1.02. The number of hydrogen-bond donors (Lipinski definition) is 3. The van der Waals surface area contributed by atoms with Gasteiger partial charge < -0.3 is 20.1 Å². The van der Waals surface area contributed by atoms with Crippen LogP contribution in [0, 0.1) is 11.8 Å². The quantitative estimate of drug-likeness (QED) is 0.495. The van der Waals surface area contributed by atoms with E-state index < -0.39 is 23.8 Å². The first-order valence-corrected chi connectivity index (χ1v) is 5.14. The molecule has 0 aromatic carbocycles. The van der Waals surface area contributed by atoms with Gasteiger partial charge in [-0.25, -0.2) is 0 Å². The van der Waals surface area contributed by atoms with Gasteiger partial charge in [-0.1, -0.05) is 0 Å². The van der Waals surface area contributed by atoms with Crippen LogP contribution in [0.5, 0.6) is 0 Å². The molecule has 6 nitrogen and oxygen atoms in total. The Morgan fingerprint density at radius 2 is 1.94 bits per heavy atom. The number of carboxylic acid groups (broad SMARTS) is 1. The summed E-state index contributed by atoms with van der Waals surface area (Å²) in [6.07, 6.45) is 0.724. The van der Waals surface area contributed by atoms with Gasteiger partial charge in [0.05, 0.1) is 18.4 Å². The lowest BCUT2D eigenvalue weighted by Gasteiger charge is -2.14. The van der Waals surface area contributed by atoms with E-state index in [2.05, 4.69) is 0 Å². The number of carboxylic acids is 1. The number of aliphatic hydroxyl groups excluding tert-OH is 2. The lowest BCUT2D eigenvalue weighted by Crippen LogP contribution is -2.25. The highest BCUT2D eigenvalue weighted by atomic mass is 16.5. The molecule has 3 N–H and O–H groups in total. The minimum Gasteiger partial charge on any atom is -0.481 e. The zero-order valence-corrected chi connectivity index (χ0v) is 9.26. The molecular weight excluding hydrogens is 216 g/mol. The van der Waals surface area contributed by atoms with E-state index in [-0.39, 0.29) is 19.8 Å². The Morgan fingerprint density at radius 3 is 2.38 bits per heavy atom. The molecular formula is C10H18O6. The smallest absolute Gasteiger partial charge is 0.311 e. The van der Waals surface area contributed by atoms with Gasteiger partial charge in [0.15, 0.2) is 0 Å². The Labute approximate surface area is 93.8 Å². The third-order valence-electron chi connectivity index (χ3n) is 2.16. The summed E-state index contributed by atoms with van der Waals surface area (Å²) in [7, 11) is 0. The van der Waals surface area contributed by atoms with Crippen molar-refractivity contribution in [1.82, 2.24) is 0 Å². The van der Waals surface area contributed by atoms with Crippen molar-refractivity contribution in [3.8, 4) is 0 Å². The van der Waals surface area contributed by atoms with Crippen molar-refractivity contribution in [3.63, 3.8) is 0 Å². The van der Waals surface area contributed by atoms with Gasteiger partial charge in [-0.15, -0.1) is 0 Å². The number of hydrogen-bond acceptors (Lipinski definition) is 5. The summed E-state index contributed by atoms with van der Waals surface area (Å²) in [5.41, 5.74) is 0. The van der Waals surface area contributed by atoms with Gasteiger partial charge in [0.25, 0.3) is 0 Å². The SMILES string of the molecule is CC(COC(=O)C(CO)CCCO)C(=O)O. The number of ether oxygens (including phenoxy) is 1. The molecule has 0 rings (SSSR count). The minimum atomic E-state index is -1.04. The predicted molar refractivity (Wildman–Crippen MR) is 54.7 cm³/mol.